The van der Waals surface area contributed by atoms with Crippen molar-refractivity contribution in [1.29, 1.82) is 0 Å². The molecule has 2 aromatic heterocycles. The maximum Gasteiger partial charge on any atom is 0.0431 e. The molecule has 0 aromatic carbocycles. The third-order valence-corrected chi connectivity index (χ3v) is 4.13. The summed E-state index contributed by atoms with van der Waals surface area (Å²) in [5.74, 6) is 2.27. The summed E-state index contributed by atoms with van der Waals surface area (Å²) < 4.78 is 0. The van der Waals surface area contributed by atoms with E-state index in [-0.39, 0.29) is 0 Å². The molecule has 28 heavy (non-hydrogen) atoms. The van der Waals surface area contributed by atoms with E-state index in [9.17, 15) is 0 Å². The molecule has 0 spiro atoms. The molecule has 0 radical (unpaired) electrons. The molecule has 0 N–H and O–H groups in total. The van der Waals surface area contributed by atoms with Gasteiger partial charge in [0.25, 0.3) is 0 Å². The largest absolute Gasteiger partial charge is 0.261 e. The van der Waals surface area contributed by atoms with E-state index in [1.165, 1.54) is 22.5 Å². The van der Waals surface area contributed by atoms with Crippen LogP contribution in [-0.2, 0) is 0 Å². The van der Waals surface area contributed by atoms with Crippen molar-refractivity contribution in [3.05, 3.63) is 59.2 Å². The van der Waals surface area contributed by atoms with Crippen LogP contribution in [0, 0.1) is 0 Å². The summed E-state index contributed by atoms with van der Waals surface area (Å²) in [5, 5.41) is 0. The standard InChI is InChI=1S/2C11H17N.2C2H6/c2*1-8(2)10-5-6-12-11(7-10)9(3)4;2*1-2/h2*5-9H,1-4H3;2*1-2H3. The van der Waals surface area contributed by atoms with Crippen molar-refractivity contribution in [2.45, 2.75) is 107 Å². The fourth-order valence-corrected chi connectivity index (χ4v) is 2.28. The molecule has 0 fully saturated rings. The highest BCUT2D eigenvalue weighted by Gasteiger charge is 2.04. The SMILES string of the molecule is CC.CC.CC(C)c1ccnc(C(C)C)c1.CC(C)c1ccnc(C(C)C)c1. The van der Waals surface area contributed by atoms with E-state index in [4.69, 9.17) is 0 Å². The highest BCUT2D eigenvalue weighted by atomic mass is 14.7. The van der Waals surface area contributed by atoms with Crippen LogP contribution in [0.5, 0.6) is 0 Å². The van der Waals surface area contributed by atoms with Crippen LogP contribution in [0.1, 0.15) is 129 Å². The van der Waals surface area contributed by atoms with E-state index in [1.54, 1.807) is 0 Å². The second-order valence-electron chi connectivity index (χ2n) is 7.65. The average molecular weight is 387 g/mol. The van der Waals surface area contributed by atoms with Crippen molar-refractivity contribution in [1.82, 2.24) is 9.97 Å². The Balaban J connectivity index is 0. The minimum Gasteiger partial charge on any atom is -0.261 e. The fraction of sp³-hybridized carbons (Fsp3) is 0.615. The Labute approximate surface area is 176 Å². The molecule has 160 valence electrons. The van der Waals surface area contributed by atoms with Gasteiger partial charge in [-0.05, 0) is 59.1 Å². The Morgan fingerprint density at radius 3 is 1.00 bits per heavy atom. The molecule has 2 heteroatoms. The molecule has 0 amide bonds. The predicted molar refractivity (Wildman–Crippen MR) is 128 cm³/mol. The van der Waals surface area contributed by atoms with Gasteiger partial charge in [-0.15, -0.1) is 0 Å². The van der Waals surface area contributed by atoms with Gasteiger partial charge >= 0.3 is 0 Å². The van der Waals surface area contributed by atoms with Crippen molar-refractivity contribution in [2.75, 3.05) is 0 Å². The van der Waals surface area contributed by atoms with Gasteiger partial charge in [-0.25, -0.2) is 0 Å². The van der Waals surface area contributed by atoms with Crippen molar-refractivity contribution in [3.63, 3.8) is 0 Å². The highest BCUT2D eigenvalue weighted by molar-refractivity contribution is 5.21. The Hall–Kier alpha value is -1.70. The minimum atomic E-state index is 0.531. The zero-order chi connectivity index (χ0) is 22.3. The van der Waals surface area contributed by atoms with Gasteiger partial charge in [-0.1, -0.05) is 83.1 Å². The van der Waals surface area contributed by atoms with Crippen LogP contribution < -0.4 is 0 Å². The predicted octanol–water partition coefficient (Wildman–Crippen LogP) is 8.71. The third kappa shape index (κ3) is 11.2. The van der Waals surface area contributed by atoms with E-state index in [0.717, 1.165) is 0 Å². The number of hydrogen-bond acceptors (Lipinski definition) is 2. The van der Waals surface area contributed by atoms with Crippen LogP contribution in [0.4, 0.5) is 0 Å². The summed E-state index contributed by atoms with van der Waals surface area (Å²) in [6.45, 7) is 25.5. The summed E-state index contributed by atoms with van der Waals surface area (Å²) in [7, 11) is 0. The highest BCUT2D eigenvalue weighted by Crippen LogP contribution is 2.19. The van der Waals surface area contributed by atoms with Gasteiger partial charge in [-0.2, -0.15) is 0 Å². The summed E-state index contributed by atoms with van der Waals surface area (Å²) >= 11 is 0. The molecular weight excluding hydrogens is 340 g/mol. The fourth-order valence-electron chi connectivity index (χ4n) is 2.28. The first kappa shape index (κ1) is 28.5. The van der Waals surface area contributed by atoms with Crippen molar-refractivity contribution in [2.24, 2.45) is 0 Å². The summed E-state index contributed by atoms with van der Waals surface area (Å²) in [6.07, 6.45) is 3.81. The molecule has 2 nitrogen and oxygen atoms in total. The number of nitrogens with zero attached hydrogens (tertiary/aromatic N) is 2. The van der Waals surface area contributed by atoms with Crippen LogP contribution >= 0.6 is 0 Å². The first-order chi connectivity index (χ1) is 13.2. The van der Waals surface area contributed by atoms with Crippen LogP contribution in [-0.4, -0.2) is 9.97 Å². The number of pyridine rings is 2. The van der Waals surface area contributed by atoms with Crippen molar-refractivity contribution < 1.29 is 0 Å². The number of rotatable bonds is 4. The Kier molecular flexibility index (Phi) is 16.6. The van der Waals surface area contributed by atoms with Gasteiger partial charge < -0.3 is 0 Å². The molecule has 0 aliphatic heterocycles. The molecular formula is C26H46N2. The van der Waals surface area contributed by atoms with Gasteiger partial charge in [0.2, 0.25) is 0 Å². The van der Waals surface area contributed by atoms with Gasteiger partial charge in [0, 0.05) is 23.8 Å². The molecule has 0 unspecified atom stereocenters. The Morgan fingerprint density at radius 1 is 0.500 bits per heavy atom. The lowest BCUT2D eigenvalue weighted by molar-refractivity contribution is 0.799. The van der Waals surface area contributed by atoms with Gasteiger partial charge in [-0.3, -0.25) is 9.97 Å². The Bertz CT molecular complexity index is 511. The quantitative estimate of drug-likeness (QED) is 0.525. The smallest absolute Gasteiger partial charge is 0.0431 e. The molecule has 0 saturated heterocycles. The van der Waals surface area contributed by atoms with Crippen LogP contribution in [0.25, 0.3) is 0 Å². The second-order valence-corrected chi connectivity index (χ2v) is 7.65. The molecule has 2 aromatic rings. The molecule has 2 rings (SSSR count). The lowest BCUT2D eigenvalue weighted by Crippen LogP contribution is -1.95. The first-order valence-corrected chi connectivity index (χ1v) is 11.1. The van der Waals surface area contributed by atoms with E-state index in [2.05, 4.69) is 89.6 Å². The molecule has 0 bridgehead atoms. The van der Waals surface area contributed by atoms with E-state index in [1.807, 2.05) is 40.1 Å². The molecule has 0 aliphatic carbocycles. The van der Waals surface area contributed by atoms with E-state index < -0.39 is 0 Å². The topological polar surface area (TPSA) is 25.8 Å². The summed E-state index contributed by atoms with van der Waals surface area (Å²) in [4.78, 5) is 8.64. The molecule has 0 atom stereocenters. The normalized spacial score (nSPS) is 10.0. The van der Waals surface area contributed by atoms with Gasteiger partial charge in [0.1, 0.15) is 0 Å². The lowest BCUT2D eigenvalue weighted by atomic mass is 10.0. The minimum absolute atomic E-state index is 0.531. The second kappa shape index (κ2) is 16.3. The van der Waals surface area contributed by atoms with E-state index in [0.29, 0.717) is 23.7 Å². The summed E-state index contributed by atoms with van der Waals surface area (Å²) in [6, 6.07) is 8.59. The van der Waals surface area contributed by atoms with E-state index >= 15 is 0 Å². The third-order valence-electron chi connectivity index (χ3n) is 4.13. The zero-order valence-electron chi connectivity index (χ0n) is 20.7. The maximum atomic E-state index is 4.32. The van der Waals surface area contributed by atoms with Crippen LogP contribution in [0.2, 0.25) is 0 Å². The van der Waals surface area contributed by atoms with Crippen LogP contribution in [0.3, 0.4) is 0 Å². The monoisotopic (exact) mass is 386 g/mol. The lowest BCUT2D eigenvalue weighted by Gasteiger charge is -2.08. The average Bonchev–Trinajstić information content (AvgIpc) is 2.71. The Morgan fingerprint density at radius 2 is 0.786 bits per heavy atom. The maximum absolute atomic E-state index is 4.32. The molecule has 0 aliphatic rings. The molecule has 0 saturated carbocycles. The number of aromatic nitrogens is 2. The number of hydrogen-bond donors (Lipinski definition) is 0. The van der Waals surface area contributed by atoms with Crippen LogP contribution in [0.15, 0.2) is 36.7 Å². The van der Waals surface area contributed by atoms with Crippen molar-refractivity contribution >= 4 is 0 Å². The zero-order valence-corrected chi connectivity index (χ0v) is 20.7. The van der Waals surface area contributed by atoms with Gasteiger partial charge in [0.05, 0.1) is 0 Å². The first-order valence-electron chi connectivity index (χ1n) is 11.1. The van der Waals surface area contributed by atoms with Crippen molar-refractivity contribution in [3.8, 4) is 0 Å². The van der Waals surface area contributed by atoms with Gasteiger partial charge in [0.15, 0.2) is 0 Å². The molecule has 2 heterocycles. The summed E-state index contributed by atoms with van der Waals surface area (Å²) in [5.41, 5.74) is 5.16.